The molecule has 96 valence electrons. The average molecular weight is 247 g/mol. The Balaban J connectivity index is 1.98. The minimum Gasteiger partial charge on any atom is -0.396 e. The maximum atomic E-state index is 9.22. The molecule has 6 heteroatoms. The summed E-state index contributed by atoms with van der Waals surface area (Å²) >= 11 is 0. The topological polar surface area (TPSA) is 75.9 Å². The zero-order chi connectivity index (χ0) is 12.5. The first-order valence-corrected chi connectivity index (χ1v) is 6.29. The van der Waals surface area contributed by atoms with Gasteiger partial charge in [0.2, 0.25) is 0 Å². The highest BCUT2D eigenvalue weighted by Gasteiger charge is 2.27. The number of aliphatic hydroxyl groups excluding tert-OH is 1. The van der Waals surface area contributed by atoms with Crippen molar-refractivity contribution in [2.75, 3.05) is 19.0 Å². The summed E-state index contributed by atoms with van der Waals surface area (Å²) in [6, 6.07) is 0.395. The van der Waals surface area contributed by atoms with Crippen LogP contribution in [-0.2, 0) is 0 Å². The molecule has 2 heterocycles. The summed E-state index contributed by atoms with van der Waals surface area (Å²) in [4.78, 5) is 12.9. The Bertz CT molecular complexity index is 552. The minimum absolute atomic E-state index is 0.278. The Morgan fingerprint density at radius 3 is 3.00 bits per heavy atom. The third-order valence-corrected chi connectivity index (χ3v) is 3.76. The summed E-state index contributed by atoms with van der Waals surface area (Å²) in [5.74, 6) is 1.17. The second-order valence-electron chi connectivity index (χ2n) is 4.81. The molecule has 0 amide bonds. The van der Waals surface area contributed by atoms with Gasteiger partial charge >= 0.3 is 0 Å². The quantitative estimate of drug-likeness (QED) is 0.852. The van der Waals surface area contributed by atoms with E-state index >= 15 is 0 Å². The largest absolute Gasteiger partial charge is 0.396 e. The molecule has 0 saturated heterocycles. The molecule has 1 fully saturated rings. The molecule has 2 aromatic rings. The number of aliphatic hydroxyl groups is 1. The van der Waals surface area contributed by atoms with Crippen LogP contribution in [0.25, 0.3) is 11.2 Å². The molecule has 2 unspecified atom stereocenters. The Kier molecular flexibility index (Phi) is 2.87. The Hall–Kier alpha value is -1.69. The van der Waals surface area contributed by atoms with Crippen molar-refractivity contribution in [3.05, 3.63) is 12.7 Å². The van der Waals surface area contributed by atoms with Gasteiger partial charge in [-0.3, -0.25) is 0 Å². The van der Waals surface area contributed by atoms with Crippen LogP contribution < -0.4 is 5.32 Å². The molecule has 0 aliphatic heterocycles. The second-order valence-corrected chi connectivity index (χ2v) is 4.81. The van der Waals surface area contributed by atoms with Gasteiger partial charge in [0.05, 0.1) is 6.33 Å². The molecule has 2 atom stereocenters. The average Bonchev–Trinajstić information content (AvgIpc) is 3.03. The highest BCUT2D eigenvalue weighted by atomic mass is 16.3. The van der Waals surface area contributed by atoms with Crippen LogP contribution in [0.3, 0.4) is 0 Å². The van der Waals surface area contributed by atoms with E-state index in [1.807, 2.05) is 13.4 Å². The monoisotopic (exact) mass is 247 g/mol. The molecule has 0 radical (unpaired) electrons. The number of hydrogen-bond acceptors (Lipinski definition) is 5. The standard InChI is InChI=1S/C12H17N5O/c1-13-11-10-12(15-6-14-11)17(7-16-10)9-3-2-8(4-9)5-18/h6-9,18H,2-5H2,1H3,(H,13,14,15). The number of rotatable bonds is 3. The highest BCUT2D eigenvalue weighted by Crippen LogP contribution is 2.35. The Labute approximate surface area is 105 Å². The predicted octanol–water partition coefficient (Wildman–Crippen LogP) is 1.20. The normalized spacial score (nSPS) is 23.7. The second kappa shape index (κ2) is 4.53. The number of nitrogens with one attached hydrogen (secondary N) is 1. The smallest absolute Gasteiger partial charge is 0.165 e. The molecule has 18 heavy (non-hydrogen) atoms. The number of fused-ring (bicyclic) bond motifs is 1. The number of anilines is 1. The maximum absolute atomic E-state index is 9.22. The van der Waals surface area contributed by atoms with Crippen LogP contribution in [0.2, 0.25) is 0 Å². The van der Waals surface area contributed by atoms with Crippen LogP contribution in [-0.4, -0.2) is 38.3 Å². The van der Waals surface area contributed by atoms with Crippen molar-refractivity contribution in [2.24, 2.45) is 5.92 Å². The molecule has 0 bridgehead atoms. The molecular weight excluding hydrogens is 230 g/mol. The van der Waals surface area contributed by atoms with Crippen molar-refractivity contribution in [1.82, 2.24) is 19.5 Å². The van der Waals surface area contributed by atoms with Crippen LogP contribution in [0.4, 0.5) is 5.82 Å². The van der Waals surface area contributed by atoms with Crippen molar-refractivity contribution in [3.63, 3.8) is 0 Å². The first-order chi connectivity index (χ1) is 8.83. The number of nitrogens with zero attached hydrogens (tertiary/aromatic N) is 4. The zero-order valence-corrected chi connectivity index (χ0v) is 10.4. The van der Waals surface area contributed by atoms with Gasteiger partial charge in [0.25, 0.3) is 0 Å². The van der Waals surface area contributed by atoms with Crippen LogP contribution in [0.1, 0.15) is 25.3 Å². The van der Waals surface area contributed by atoms with Crippen molar-refractivity contribution in [2.45, 2.75) is 25.3 Å². The van der Waals surface area contributed by atoms with Crippen molar-refractivity contribution in [3.8, 4) is 0 Å². The fourth-order valence-electron chi connectivity index (χ4n) is 2.77. The fraction of sp³-hybridized carbons (Fsp3) is 0.583. The van der Waals surface area contributed by atoms with Gasteiger partial charge in [-0.05, 0) is 25.2 Å². The van der Waals surface area contributed by atoms with Gasteiger partial charge in [-0.1, -0.05) is 0 Å². The number of aromatic nitrogens is 4. The van der Waals surface area contributed by atoms with E-state index in [1.165, 1.54) is 0 Å². The van der Waals surface area contributed by atoms with Gasteiger partial charge in [0.1, 0.15) is 11.8 Å². The molecule has 0 spiro atoms. The summed E-state index contributed by atoms with van der Waals surface area (Å²) in [5.41, 5.74) is 1.69. The van der Waals surface area contributed by atoms with E-state index in [2.05, 4.69) is 24.8 Å². The lowest BCUT2D eigenvalue weighted by atomic mass is 10.1. The van der Waals surface area contributed by atoms with Crippen LogP contribution in [0.15, 0.2) is 12.7 Å². The maximum Gasteiger partial charge on any atom is 0.165 e. The molecular formula is C12H17N5O. The van der Waals surface area contributed by atoms with E-state index in [9.17, 15) is 5.11 Å². The van der Waals surface area contributed by atoms with E-state index in [4.69, 9.17) is 0 Å². The van der Waals surface area contributed by atoms with Crippen molar-refractivity contribution < 1.29 is 5.11 Å². The predicted molar refractivity (Wildman–Crippen MR) is 68.3 cm³/mol. The van der Waals surface area contributed by atoms with Crippen LogP contribution in [0, 0.1) is 5.92 Å². The van der Waals surface area contributed by atoms with Crippen molar-refractivity contribution in [1.29, 1.82) is 0 Å². The Morgan fingerprint density at radius 1 is 1.39 bits per heavy atom. The summed E-state index contributed by atoms with van der Waals surface area (Å²) in [7, 11) is 1.83. The highest BCUT2D eigenvalue weighted by molar-refractivity contribution is 5.82. The van der Waals surface area contributed by atoms with Gasteiger partial charge in [0.15, 0.2) is 11.5 Å². The summed E-state index contributed by atoms with van der Waals surface area (Å²) in [5, 5.41) is 12.2. The van der Waals surface area contributed by atoms with E-state index < -0.39 is 0 Å². The zero-order valence-electron chi connectivity index (χ0n) is 10.4. The lowest BCUT2D eigenvalue weighted by Gasteiger charge is -2.12. The van der Waals surface area contributed by atoms with Crippen LogP contribution in [0.5, 0.6) is 0 Å². The number of hydrogen-bond donors (Lipinski definition) is 2. The first kappa shape index (κ1) is 11.4. The lowest BCUT2D eigenvalue weighted by Crippen LogP contribution is -2.07. The molecule has 6 nitrogen and oxygen atoms in total. The third-order valence-electron chi connectivity index (χ3n) is 3.76. The summed E-state index contributed by atoms with van der Waals surface area (Å²) < 4.78 is 2.12. The molecule has 1 aliphatic carbocycles. The molecule has 0 aromatic carbocycles. The number of imidazole rings is 1. The van der Waals surface area contributed by atoms with E-state index in [1.54, 1.807) is 6.33 Å². The van der Waals surface area contributed by atoms with Gasteiger partial charge < -0.3 is 15.0 Å². The summed E-state index contributed by atoms with van der Waals surface area (Å²) in [6.07, 6.45) is 6.55. The van der Waals surface area contributed by atoms with E-state index in [0.29, 0.717) is 12.0 Å². The lowest BCUT2D eigenvalue weighted by molar-refractivity contribution is 0.226. The van der Waals surface area contributed by atoms with Crippen molar-refractivity contribution >= 4 is 17.0 Å². The molecule has 2 aromatic heterocycles. The SMILES string of the molecule is CNc1ncnc2c1ncn2C1CCC(CO)C1. The minimum atomic E-state index is 0.278. The van der Waals surface area contributed by atoms with Crippen LogP contribution >= 0.6 is 0 Å². The van der Waals surface area contributed by atoms with Gasteiger partial charge in [-0.25, -0.2) is 15.0 Å². The summed E-state index contributed by atoms with van der Waals surface area (Å²) in [6.45, 7) is 0.278. The van der Waals surface area contributed by atoms with Gasteiger partial charge in [0, 0.05) is 19.7 Å². The Morgan fingerprint density at radius 2 is 2.28 bits per heavy atom. The van der Waals surface area contributed by atoms with Gasteiger partial charge in [-0.2, -0.15) is 0 Å². The molecule has 2 N–H and O–H groups in total. The molecule has 1 saturated carbocycles. The first-order valence-electron chi connectivity index (χ1n) is 6.29. The fourth-order valence-corrected chi connectivity index (χ4v) is 2.77. The molecule has 1 aliphatic rings. The van der Waals surface area contributed by atoms with Gasteiger partial charge in [-0.15, -0.1) is 0 Å². The molecule has 3 rings (SSSR count). The van der Waals surface area contributed by atoms with E-state index in [0.717, 1.165) is 36.2 Å². The van der Waals surface area contributed by atoms with E-state index in [-0.39, 0.29) is 6.61 Å². The third kappa shape index (κ3) is 1.73.